The Morgan fingerprint density at radius 2 is 1.79 bits per heavy atom. The number of sulfonamides is 1. The van der Waals surface area contributed by atoms with Crippen molar-refractivity contribution in [2.45, 2.75) is 4.90 Å². The highest BCUT2D eigenvalue weighted by Gasteiger charge is 2.15. The van der Waals surface area contributed by atoms with Crippen molar-refractivity contribution in [2.75, 3.05) is 4.72 Å². The van der Waals surface area contributed by atoms with Gasteiger partial charge in [-0.3, -0.25) is 4.72 Å². The zero-order valence-corrected chi connectivity index (χ0v) is 10.6. The molecule has 0 bridgehead atoms. The monoisotopic (exact) mass is 274 g/mol. The highest BCUT2D eigenvalue weighted by Crippen LogP contribution is 2.20. The maximum atomic E-state index is 12.2. The summed E-state index contributed by atoms with van der Waals surface area (Å²) < 4.78 is 31.2. The Bertz CT molecular complexity index is 811. The Morgan fingerprint density at radius 3 is 2.53 bits per heavy atom. The third-order valence-electron chi connectivity index (χ3n) is 2.71. The van der Waals surface area contributed by atoms with Gasteiger partial charge in [0.1, 0.15) is 6.26 Å². The van der Waals surface area contributed by atoms with Crippen molar-refractivity contribution in [2.24, 2.45) is 0 Å². The summed E-state index contributed by atoms with van der Waals surface area (Å²) in [5.41, 5.74) is 0. The van der Waals surface area contributed by atoms with Gasteiger partial charge in [0.05, 0.1) is 4.90 Å². The van der Waals surface area contributed by atoms with Crippen LogP contribution in [0.3, 0.4) is 0 Å². The summed E-state index contributed by atoms with van der Waals surface area (Å²) in [5.74, 6) is 0.160. The van der Waals surface area contributed by atoms with Crippen molar-refractivity contribution in [3.63, 3.8) is 0 Å². The predicted octanol–water partition coefficient (Wildman–Crippen LogP) is 2.63. The van der Waals surface area contributed by atoms with Crippen molar-refractivity contribution < 1.29 is 12.9 Å². The molecule has 3 rings (SSSR count). The third kappa shape index (κ3) is 2.30. The van der Waals surface area contributed by atoms with Gasteiger partial charge in [0, 0.05) is 6.07 Å². The van der Waals surface area contributed by atoms with E-state index in [9.17, 15) is 8.42 Å². The number of anilines is 1. The third-order valence-corrected chi connectivity index (χ3v) is 4.06. The average Bonchev–Trinajstić information content (AvgIpc) is 2.90. The van der Waals surface area contributed by atoms with E-state index in [0.717, 1.165) is 10.8 Å². The molecule has 1 aromatic heterocycles. The van der Waals surface area contributed by atoms with Gasteiger partial charge in [0.2, 0.25) is 0 Å². The number of nitrogens with zero attached hydrogens (tertiary/aromatic N) is 1. The summed E-state index contributed by atoms with van der Waals surface area (Å²) in [6, 6.07) is 14.0. The topological polar surface area (TPSA) is 72.2 Å². The molecule has 96 valence electrons. The van der Waals surface area contributed by atoms with Gasteiger partial charge >= 0.3 is 0 Å². The molecule has 0 amide bonds. The first kappa shape index (κ1) is 11.7. The van der Waals surface area contributed by atoms with E-state index in [1.165, 1.54) is 12.3 Å². The van der Waals surface area contributed by atoms with Crippen LogP contribution >= 0.6 is 0 Å². The lowest BCUT2D eigenvalue weighted by molar-refractivity contribution is 0.423. The lowest BCUT2D eigenvalue weighted by Gasteiger charge is -2.06. The minimum absolute atomic E-state index is 0.160. The van der Waals surface area contributed by atoms with Crippen molar-refractivity contribution in [3.8, 4) is 0 Å². The van der Waals surface area contributed by atoms with E-state index in [0.29, 0.717) is 0 Å². The van der Waals surface area contributed by atoms with E-state index in [1.807, 2.05) is 24.3 Å². The van der Waals surface area contributed by atoms with Gasteiger partial charge in [-0.15, -0.1) is 0 Å². The minimum Gasteiger partial charge on any atom is -0.363 e. The Balaban J connectivity index is 2.03. The molecule has 0 aliphatic heterocycles. The Hall–Kier alpha value is -2.34. The van der Waals surface area contributed by atoms with Crippen LogP contribution in [0.15, 0.2) is 64.2 Å². The highest BCUT2D eigenvalue weighted by molar-refractivity contribution is 7.92. The number of rotatable bonds is 3. The second kappa shape index (κ2) is 4.40. The largest absolute Gasteiger partial charge is 0.363 e. The minimum atomic E-state index is -3.65. The van der Waals surface area contributed by atoms with Crippen LogP contribution in [0.4, 0.5) is 5.82 Å². The molecule has 0 aliphatic carbocycles. The summed E-state index contributed by atoms with van der Waals surface area (Å²) in [6.45, 7) is 0. The number of fused-ring (bicyclic) bond motifs is 1. The SMILES string of the molecule is O=S(=O)(Nc1ccon1)c1ccc2ccccc2c1. The molecule has 0 saturated carbocycles. The maximum absolute atomic E-state index is 12.2. The van der Waals surface area contributed by atoms with Gasteiger partial charge in [0.25, 0.3) is 10.0 Å². The molecule has 19 heavy (non-hydrogen) atoms. The van der Waals surface area contributed by atoms with Gasteiger partial charge in [-0.2, -0.15) is 0 Å². The molecule has 0 fully saturated rings. The van der Waals surface area contributed by atoms with Crippen molar-refractivity contribution in [1.82, 2.24) is 5.16 Å². The van der Waals surface area contributed by atoms with Gasteiger partial charge in [-0.1, -0.05) is 35.5 Å². The second-order valence-electron chi connectivity index (χ2n) is 4.00. The van der Waals surface area contributed by atoms with Crippen LogP contribution in [0.2, 0.25) is 0 Å². The quantitative estimate of drug-likeness (QED) is 0.797. The molecule has 0 radical (unpaired) electrons. The predicted molar refractivity (Wildman–Crippen MR) is 71.3 cm³/mol. The molecular formula is C13H10N2O3S. The second-order valence-corrected chi connectivity index (χ2v) is 5.68. The smallest absolute Gasteiger partial charge is 0.263 e. The fourth-order valence-electron chi connectivity index (χ4n) is 1.80. The number of hydrogen-bond acceptors (Lipinski definition) is 4. The zero-order valence-electron chi connectivity index (χ0n) is 9.78. The molecule has 0 saturated heterocycles. The fourth-order valence-corrected chi connectivity index (χ4v) is 2.82. The van der Waals surface area contributed by atoms with Crippen molar-refractivity contribution in [1.29, 1.82) is 0 Å². The molecule has 0 aliphatic rings. The molecule has 0 atom stereocenters. The van der Waals surface area contributed by atoms with E-state index in [4.69, 9.17) is 0 Å². The summed E-state index contributed by atoms with van der Waals surface area (Å²) in [4.78, 5) is 0.189. The summed E-state index contributed by atoms with van der Waals surface area (Å²) >= 11 is 0. The average molecular weight is 274 g/mol. The molecule has 1 N–H and O–H groups in total. The normalized spacial score (nSPS) is 11.6. The number of nitrogens with one attached hydrogen (secondary N) is 1. The van der Waals surface area contributed by atoms with Crippen LogP contribution in [0.25, 0.3) is 10.8 Å². The first-order valence-corrected chi connectivity index (χ1v) is 7.05. The van der Waals surface area contributed by atoms with Crippen LogP contribution in [-0.2, 0) is 10.0 Å². The molecule has 3 aromatic rings. The summed E-state index contributed by atoms with van der Waals surface area (Å²) in [6.07, 6.45) is 1.30. The number of benzene rings is 2. The van der Waals surface area contributed by atoms with Gasteiger partial charge in [-0.05, 0) is 22.9 Å². The molecule has 1 heterocycles. The van der Waals surface area contributed by atoms with E-state index < -0.39 is 10.0 Å². The van der Waals surface area contributed by atoms with E-state index >= 15 is 0 Å². The molecule has 6 heteroatoms. The summed E-state index contributed by atoms with van der Waals surface area (Å²) in [7, 11) is -3.65. The van der Waals surface area contributed by atoms with E-state index in [2.05, 4.69) is 14.4 Å². The first-order valence-electron chi connectivity index (χ1n) is 5.57. The van der Waals surface area contributed by atoms with Gasteiger partial charge in [0.15, 0.2) is 5.82 Å². The standard InChI is InChI=1S/C13H10N2O3S/c16-19(17,15-13-7-8-18-14-13)12-6-5-10-3-1-2-4-11(10)9-12/h1-9H,(H,14,15). The van der Waals surface area contributed by atoms with Crippen molar-refractivity contribution in [3.05, 3.63) is 54.8 Å². The van der Waals surface area contributed by atoms with E-state index in [-0.39, 0.29) is 10.7 Å². The number of aromatic nitrogens is 1. The van der Waals surface area contributed by atoms with Crippen LogP contribution in [0, 0.1) is 0 Å². The number of hydrogen-bond donors (Lipinski definition) is 1. The van der Waals surface area contributed by atoms with Crippen LogP contribution in [0.1, 0.15) is 0 Å². The van der Waals surface area contributed by atoms with Gasteiger partial charge < -0.3 is 4.52 Å². The lowest BCUT2D eigenvalue weighted by atomic mass is 10.1. The highest BCUT2D eigenvalue weighted by atomic mass is 32.2. The fraction of sp³-hybridized carbons (Fsp3) is 0. The Labute approximate surface area is 109 Å². The molecule has 2 aromatic carbocycles. The maximum Gasteiger partial charge on any atom is 0.263 e. The van der Waals surface area contributed by atoms with Gasteiger partial charge in [-0.25, -0.2) is 8.42 Å². The molecular weight excluding hydrogens is 264 g/mol. The zero-order chi connectivity index (χ0) is 13.3. The molecule has 0 spiro atoms. The first-order chi connectivity index (χ1) is 9.15. The van der Waals surface area contributed by atoms with Crippen LogP contribution in [0.5, 0.6) is 0 Å². The lowest BCUT2D eigenvalue weighted by Crippen LogP contribution is -2.13. The molecule has 5 nitrogen and oxygen atoms in total. The van der Waals surface area contributed by atoms with Crippen LogP contribution in [-0.4, -0.2) is 13.6 Å². The van der Waals surface area contributed by atoms with Crippen LogP contribution < -0.4 is 4.72 Å². The Morgan fingerprint density at radius 1 is 1.00 bits per heavy atom. The van der Waals surface area contributed by atoms with Crippen molar-refractivity contribution >= 4 is 26.6 Å². The molecule has 0 unspecified atom stereocenters. The van der Waals surface area contributed by atoms with E-state index in [1.54, 1.807) is 18.2 Å². The Kier molecular flexibility index (Phi) is 2.72. The summed E-state index contributed by atoms with van der Waals surface area (Å²) in [5, 5.41) is 5.38.